The first-order chi connectivity index (χ1) is 10.4. The average molecular weight is 304 g/mol. The van der Waals surface area contributed by atoms with Gasteiger partial charge in [0, 0.05) is 0 Å². The minimum absolute atomic E-state index is 0.0509. The van der Waals surface area contributed by atoms with E-state index in [1.165, 1.54) is 24.3 Å². The second-order valence-electron chi connectivity index (χ2n) is 5.46. The van der Waals surface area contributed by atoms with Crippen molar-refractivity contribution in [2.45, 2.75) is 26.7 Å². The Hall–Kier alpha value is -2.43. The van der Waals surface area contributed by atoms with Crippen molar-refractivity contribution in [3.63, 3.8) is 0 Å². The molecule has 2 rings (SSSR count). The van der Waals surface area contributed by atoms with E-state index in [0.717, 1.165) is 11.1 Å². The van der Waals surface area contributed by atoms with Gasteiger partial charge in [-0.15, -0.1) is 0 Å². The van der Waals surface area contributed by atoms with E-state index in [0.29, 0.717) is 0 Å². The highest BCUT2D eigenvalue weighted by Gasteiger charge is 2.11. The third kappa shape index (κ3) is 3.81. The summed E-state index contributed by atoms with van der Waals surface area (Å²) < 4.78 is 27.5. The van der Waals surface area contributed by atoms with Crippen LogP contribution in [0.4, 0.5) is 25.0 Å². The van der Waals surface area contributed by atoms with Crippen LogP contribution in [-0.2, 0) is 0 Å². The van der Waals surface area contributed by atoms with Gasteiger partial charge in [-0.05, 0) is 48.2 Å². The summed E-state index contributed by atoms with van der Waals surface area (Å²) in [6.45, 7) is 5.69. The van der Waals surface area contributed by atoms with Gasteiger partial charge in [-0.1, -0.05) is 26.0 Å². The number of halogens is 2. The summed E-state index contributed by atoms with van der Waals surface area (Å²) in [5, 5.41) is 4.75. The van der Waals surface area contributed by atoms with Crippen molar-refractivity contribution in [3.8, 4) is 0 Å². The molecule has 2 N–H and O–H groups in total. The van der Waals surface area contributed by atoms with Crippen LogP contribution in [0.5, 0.6) is 0 Å². The summed E-state index contributed by atoms with van der Waals surface area (Å²) in [5.74, 6) is -0.874. The molecule has 116 valence electrons. The van der Waals surface area contributed by atoms with Crippen LogP contribution in [0.25, 0.3) is 0 Å². The number of carbonyl (C=O) groups is 1. The smallest absolute Gasteiger partial charge is 0.305 e. The van der Waals surface area contributed by atoms with E-state index in [9.17, 15) is 13.6 Å². The van der Waals surface area contributed by atoms with E-state index in [1.54, 1.807) is 19.1 Å². The predicted octanol–water partition coefficient (Wildman–Crippen LogP) is 5.04. The zero-order chi connectivity index (χ0) is 16.3. The largest absolute Gasteiger partial charge is 0.323 e. The van der Waals surface area contributed by atoms with Crippen molar-refractivity contribution in [1.82, 2.24) is 0 Å². The van der Waals surface area contributed by atoms with Crippen molar-refractivity contribution in [2.24, 2.45) is 0 Å². The molecule has 0 bridgehead atoms. The number of aryl methyl sites for hydroxylation is 1. The van der Waals surface area contributed by atoms with Crippen molar-refractivity contribution in [1.29, 1.82) is 0 Å². The topological polar surface area (TPSA) is 41.1 Å². The molecule has 0 unspecified atom stereocenters. The Kier molecular flexibility index (Phi) is 4.75. The normalized spacial score (nSPS) is 10.6. The van der Waals surface area contributed by atoms with E-state index >= 15 is 0 Å². The quantitative estimate of drug-likeness (QED) is 0.819. The maximum atomic E-state index is 13.9. The zero-order valence-corrected chi connectivity index (χ0v) is 12.7. The van der Waals surface area contributed by atoms with Crippen LogP contribution in [-0.4, -0.2) is 6.03 Å². The van der Waals surface area contributed by atoms with Gasteiger partial charge in [-0.2, -0.15) is 0 Å². The van der Waals surface area contributed by atoms with Crippen molar-refractivity contribution in [3.05, 3.63) is 59.2 Å². The number of urea groups is 1. The van der Waals surface area contributed by atoms with Gasteiger partial charge in [-0.3, -0.25) is 0 Å². The lowest BCUT2D eigenvalue weighted by molar-refractivity contribution is 0.262. The van der Waals surface area contributed by atoms with E-state index in [2.05, 4.69) is 10.6 Å². The lowest BCUT2D eigenvalue weighted by Gasteiger charge is -2.11. The Morgan fingerprint density at radius 1 is 0.955 bits per heavy atom. The minimum Gasteiger partial charge on any atom is -0.305 e. The van der Waals surface area contributed by atoms with Gasteiger partial charge in [0.05, 0.1) is 11.4 Å². The summed E-state index contributed by atoms with van der Waals surface area (Å²) in [4.78, 5) is 11.9. The summed E-state index contributed by atoms with van der Waals surface area (Å²) in [5.41, 5.74) is 1.75. The van der Waals surface area contributed by atoms with Crippen LogP contribution in [0.3, 0.4) is 0 Å². The molecule has 0 radical (unpaired) electrons. The molecule has 0 spiro atoms. The molecule has 0 aliphatic carbocycles. The number of hydrogen-bond donors (Lipinski definition) is 2. The number of benzene rings is 2. The standard InChI is InChI=1S/C17H18F2N2O/c1-10(2)12-5-7-15(14(19)9-12)20-17(22)21-16-8-11(3)4-6-13(16)18/h4-10H,1-3H3,(H2,20,21,22). The maximum absolute atomic E-state index is 13.9. The van der Waals surface area contributed by atoms with Gasteiger partial charge in [-0.25, -0.2) is 13.6 Å². The molecule has 0 heterocycles. The van der Waals surface area contributed by atoms with Crippen molar-refractivity contribution in [2.75, 3.05) is 10.6 Å². The summed E-state index contributed by atoms with van der Waals surface area (Å²) >= 11 is 0. The fraction of sp³-hybridized carbons (Fsp3) is 0.235. The molecule has 2 aromatic carbocycles. The van der Waals surface area contributed by atoms with Gasteiger partial charge in [0.15, 0.2) is 0 Å². The number of anilines is 2. The van der Waals surface area contributed by atoms with Gasteiger partial charge in [0.1, 0.15) is 11.6 Å². The first kappa shape index (κ1) is 15.9. The number of carbonyl (C=O) groups excluding carboxylic acids is 1. The first-order valence-electron chi connectivity index (χ1n) is 7.00. The van der Waals surface area contributed by atoms with Crippen LogP contribution in [0.2, 0.25) is 0 Å². The molecule has 0 aliphatic rings. The van der Waals surface area contributed by atoms with E-state index in [1.807, 2.05) is 13.8 Å². The fourth-order valence-electron chi connectivity index (χ4n) is 2.00. The van der Waals surface area contributed by atoms with Gasteiger partial charge in [0.25, 0.3) is 0 Å². The highest BCUT2D eigenvalue weighted by Crippen LogP contribution is 2.22. The number of amides is 2. The summed E-state index contributed by atoms with van der Waals surface area (Å²) in [6, 6.07) is 8.31. The van der Waals surface area contributed by atoms with Gasteiger partial charge < -0.3 is 10.6 Å². The summed E-state index contributed by atoms with van der Waals surface area (Å²) in [6.07, 6.45) is 0. The fourth-order valence-corrected chi connectivity index (χ4v) is 2.00. The molecule has 0 saturated carbocycles. The molecule has 2 aromatic rings. The first-order valence-corrected chi connectivity index (χ1v) is 7.00. The van der Waals surface area contributed by atoms with E-state index < -0.39 is 17.7 Å². The number of nitrogens with one attached hydrogen (secondary N) is 2. The Balaban J connectivity index is 2.10. The molecule has 3 nitrogen and oxygen atoms in total. The minimum atomic E-state index is -0.694. The number of rotatable bonds is 3. The second kappa shape index (κ2) is 6.56. The van der Waals surface area contributed by atoms with E-state index in [4.69, 9.17) is 0 Å². The van der Waals surface area contributed by atoms with Crippen LogP contribution >= 0.6 is 0 Å². The third-order valence-electron chi connectivity index (χ3n) is 3.28. The molecular formula is C17H18F2N2O. The highest BCUT2D eigenvalue weighted by atomic mass is 19.1. The predicted molar refractivity (Wildman–Crippen MR) is 84.3 cm³/mol. The summed E-state index contributed by atoms with van der Waals surface area (Å²) in [7, 11) is 0. The molecule has 22 heavy (non-hydrogen) atoms. The average Bonchev–Trinajstić information content (AvgIpc) is 2.45. The second-order valence-corrected chi connectivity index (χ2v) is 5.46. The molecular weight excluding hydrogens is 286 g/mol. The zero-order valence-electron chi connectivity index (χ0n) is 12.7. The van der Waals surface area contributed by atoms with Gasteiger partial charge >= 0.3 is 6.03 Å². The van der Waals surface area contributed by atoms with Gasteiger partial charge in [0.2, 0.25) is 0 Å². The molecule has 0 fully saturated rings. The lowest BCUT2D eigenvalue weighted by atomic mass is 10.0. The van der Waals surface area contributed by atoms with E-state index in [-0.39, 0.29) is 17.3 Å². The number of hydrogen-bond acceptors (Lipinski definition) is 1. The molecule has 0 aliphatic heterocycles. The highest BCUT2D eigenvalue weighted by molar-refractivity contribution is 5.99. The SMILES string of the molecule is Cc1ccc(F)c(NC(=O)Nc2ccc(C(C)C)cc2F)c1. The molecule has 5 heteroatoms. The van der Waals surface area contributed by atoms with Crippen LogP contribution < -0.4 is 10.6 Å². The Morgan fingerprint density at radius 2 is 1.64 bits per heavy atom. The monoisotopic (exact) mass is 304 g/mol. The molecule has 0 saturated heterocycles. The third-order valence-corrected chi connectivity index (χ3v) is 3.28. The van der Waals surface area contributed by atoms with Crippen LogP contribution in [0, 0.1) is 18.6 Å². The van der Waals surface area contributed by atoms with Crippen LogP contribution in [0.15, 0.2) is 36.4 Å². The Labute approximate surface area is 128 Å². The van der Waals surface area contributed by atoms with Crippen molar-refractivity contribution >= 4 is 17.4 Å². The Morgan fingerprint density at radius 3 is 2.27 bits per heavy atom. The maximum Gasteiger partial charge on any atom is 0.323 e. The molecule has 0 aromatic heterocycles. The lowest BCUT2D eigenvalue weighted by Crippen LogP contribution is -2.21. The van der Waals surface area contributed by atoms with Crippen molar-refractivity contribution < 1.29 is 13.6 Å². The Bertz CT molecular complexity index is 699. The molecule has 2 amide bonds. The molecule has 0 atom stereocenters. The van der Waals surface area contributed by atoms with Crippen LogP contribution in [0.1, 0.15) is 30.9 Å².